The number of carbonyl (C=O) groups excluding carboxylic acids is 2. The summed E-state index contributed by atoms with van der Waals surface area (Å²) in [5.74, 6) is -0.785. The van der Waals surface area contributed by atoms with Gasteiger partial charge in [-0.15, -0.1) is 0 Å². The van der Waals surface area contributed by atoms with Crippen LogP contribution in [0.15, 0.2) is 72.9 Å². The van der Waals surface area contributed by atoms with E-state index < -0.39 is 5.91 Å². The standard InChI is InChI=1S/C29H31N5O2/c1-32(2)23-9-4-20(5-10-23)21-6-13-25-26(18-21)27(29(36)31-28(25)35)19-30-22-7-11-24(12-8-22)34-16-14-33(3)15-17-34/h4-13,18-19,30H,14-17H2,1-3H3,(H,31,35,36)/b27-19-. The molecule has 0 radical (unpaired) electrons. The van der Waals surface area contributed by atoms with Crippen molar-refractivity contribution in [3.05, 3.63) is 84.1 Å². The van der Waals surface area contributed by atoms with E-state index in [0.717, 1.165) is 48.7 Å². The van der Waals surface area contributed by atoms with E-state index in [0.29, 0.717) is 16.7 Å². The first-order valence-electron chi connectivity index (χ1n) is 12.2. The number of rotatable bonds is 5. The molecule has 0 aromatic heterocycles. The first kappa shape index (κ1) is 23.6. The highest BCUT2D eigenvalue weighted by atomic mass is 16.2. The molecule has 0 unspecified atom stereocenters. The Kier molecular flexibility index (Phi) is 6.48. The van der Waals surface area contributed by atoms with Gasteiger partial charge in [0.05, 0.1) is 5.57 Å². The largest absolute Gasteiger partial charge is 0.378 e. The lowest BCUT2D eigenvalue weighted by molar-refractivity contribution is -0.114. The monoisotopic (exact) mass is 481 g/mol. The van der Waals surface area contributed by atoms with Crippen LogP contribution in [0.2, 0.25) is 0 Å². The first-order chi connectivity index (χ1) is 17.4. The molecule has 2 amide bonds. The summed E-state index contributed by atoms with van der Waals surface area (Å²) in [7, 11) is 6.15. The third-order valence-electron chi connectivity index (χ3n) is 6.86. The molecule has 1 fully saturated rings. The summed E-state index contributed by atoms with van der Waals surface area (Å²) in [5.41, 5.74) is 6.69. The van der Waals surface area contributed by atoms with Gasteiger partial charge in [-0.1, -0.05) is 18.2 Å². The van der Waals surface area contributed by atoms with Crippen molar-refractivity contribution in [2.24, 2.45) is 0 Å². The van der Waals surface area contributed by atoms with Gasteiger partial charge in [-0.05, 0) is 66.7 Å². The maximum absolute atomic E-state index is 12.8. The molecule has 0 bridgehead atoms. The number of piperazine rings is 1. The summed E-state index contributed by atoms with van der Waals surface area (Å²) >= 11 is 0. The van der Waals surface area contributed by atoms with Crippen LogP contribution >= 0.6 is 0 Å². The van der Waals surface area contributed by atoms with Gasteiger partial charge in [0.15, 0.2) is 0 Å². The van der Waals surface area contributed by atoms with Crippen LogP contribution in [0.4, 0.5) is 17.1 Å². The van der Waals surface area contributed by atoms with Crippen molar-refractivity contribution < 1.29 is 9.59 Å². The van der Waals surface area contributed by atoms with Crippen LogP contribution in [0.25, 0.3) is 16.7 Å². The maximum atomic E-state index is 12.8. The van der Waals surface area contributed by atoms with Crippen LogP contribution in [0.5, 0.6) is 0 Å². The van der Waals surface area contributed by atoms with Crippen molar-refractivity contribution in [3.63, 3.8) is 0 Å². The van der Waals surface area contributed by atoms with Crippen molar-refractivity contribution in [1.82, 2.24) is 10.2 Å². The first-order valence-corrected chi connectivity index (χ1v) is 12.2. The molecule has 2 heterocycles. The molecule has 5 rings (SSSR count). The molecule has 0 aliphatic carbocycles. The van der Waals surface area contributed by atoms with E-state index in [2.05, 4.69) is 51.7 Å². The summed E-state index contributed by atoms with van der Waals surface area (Å²) in [4.78, 5) is 32.0. The minimum Gasteiger partial charge on any atom is -0.378 e. The number of nitrogens with zero attached hydrogens (tertiary/aromatic N) is 3. The van der Waals surface area contributed by atoms with Gasteiger partial charge in [0.25, 0.3) is 11.8 Å². The summed E-state index contributed by atoms with van der Waals surface area (Å²) in [5, 5.41) is 5.70. The van der Waals surface area contributed by atoms with Crippen molar-refractivity contribution in [2.75, 3.05) is 62.4 Å². The zero-order valence-corrected chi connectivity index (χ0v) is 20.9. The topological polar surface area (TPSA) is 67.9 Å². The fraction of sp³-hybridized carbons (Fsp3) is 0.241. The summed E-state index contributed by atoms with van der Waals surface area (Å²) in [6, 6.07) is 22.0. The summed E-state index contributed by atoms with van der Waals surface area (Å²) < 4.78 is 0. The predicted octanol–water partition coefficient (Wildman–Crippen LogP) is 3.89. The lowest BCUT2D eigenvalue weighted by atomic mass is 9.91. The summed E-state index contributed by atoms with van der Waals surface area (Å²) in [6.45, 7) is 4.14. The molecule has 7 nitrogen and oxygen atoms in total. The molecule has 7 heteroatoms. The molecule has 1 saturated heterocycles. The number of fused-ring (bicyclic) bond motifs is 1. The predicted molar refractivity (Wildman–Crippen MR) is 146 cm³/mol. The number of amides is 2. The molecule has 0 spiro atoms. The number of likely N-dealkylation sites (N-methyl/N-ethyl adjacent to an activating group) is 1. The van der Waals surface area contributed by atoms with E-state index in [4.69, 9.17) is 0 Å². The molecule has 0 saturated carbocycles. The van der Waals surface area contributed by atoms with E-state index in [1.54, 1.807) is 12.3 Å². The lowest BCUT2D eigenvalue weighted by Gasteiger charge is -2.34. The van der Waals surface area contributed by atoms with Crippen LogP contribution in [-0.2, 0) is 4.79 Å². The Morgan fingerprint density at radius 3 is 2.14 bits per heavy atom. The number of imide groups is 1. The molecule has 2 N–H and O–H groups in total. The van der Waals surface area contributed by atoms with Gasteiger partial charge in [0.1, 0.15) is 0 Å². The second-order valence-electron chi connectivity index (χ2n) is 9.52. The number of hydrogen-bond acceptors (Lipinski definition) is 6. The van der Waals surface area contributed by atoms with E-state index in [9.17, 15) is 9.59 Å². The van der Waals surface area contributed by atoms with Crippen molar-refractivity contribution >= 4 is 34.4 Å². The smallest absolute Gasteiger partial charge is 0.260 e. The van der Waals surface area contributed by atoms with Crippen LogP contribution < -0.4 is 20.4 Å². The maximum Gasteiger partial charge on any atom is 0.260 e. The number of nitrogens with one attached hydrogen (secondary N) is 2. The number of benzene rings is 3. The molecule has 36 heavy (non-hydrogen) atoms. The third kappa shape index (κ3) is 4.83. The van der Waals surface area contributed by atoms with Gasteiger partial charge in [-0.25, -0.2) is 0 Å². The van der Waals surface area contributed by atoms with Gasteiger partial charge in [0.2, 0.25) is 0 Å². The van der Waals surface area contributed by atoms with E-state index in [1.807, 2.05) is 55.4 Å². The molecule has 3 aromatic rings. The molecule has 0 atom stereocenters. The average Bonchev–Trinajstić information content (AvgIpc) is 2.89. The molecule has 2 aliphatic heterocycles. The minimum absolute atomic E-state index is 0.377. The fourth-order valence-electron chi connectivity index (χ4n) is 4.59. The Morgan fingerprint density at radius 2 is 1.47 bits per heavy atom. The fourth-order valence-corrected chi connectivity index (χ4v) is 4.59. The second-order valence-corrected chi connectivity index (χ2v) is 9.52. The van der Waals surface area contributed by atoms with Gasteiger partial charge in [-0.2, -0.15) is 0 Å². The third-order valence-corrected chi connectivity index (χ3v) is 6.86. The molecule has 2 aliphatic rings. The Labute approximate surface area is 212 Å². The van der Waals surface area contributed by atoms with Crippen molar-refractivity contribution in [2.45, 2.75) is 0 Å². The van der Waals surface area contributed by atoms with E-state index >= 15 is 0 Å². The second kappa shape index (κ2) is 9.87. The van der Waals surface area contributed by atoms with Crippen molar-refractivity contribution in [1.29, 1.82) is 0 Å². The van der Waals surface area contributed by atoms with Gasteiger partial charge < -0.3 is 20.0 Å². The van der Waals surface area contributed by atoms with Crippen molar-refractivity contribution in [3.8, 4) is 11.1 Å². The van der Waals surface area contributed by atoms with Gasteiger partial charge in [-0.3, -0.25) is 14.9 Å². The van der Waals surface area contributed by atoms with Crippen LogP contribution in [0, 0.1) is 0 Å². The van der Waals surface area contributed by atoms with Gasteiger partial charge in [0, 0.05) is 74.7 Å². The van der Waals surface area contributed by atoms with E-state index in [-0.39, 0.29) is 5.91 Å². The Hall–Kier alpha value is -4.10. The molecular formula is C29H31N5O2. The zero-order chi connectivity index (χ0) is 25.2. The Morgan fingerprint density at radius 1 is 0.806 bits per heavy atom. The molecule has 184 valence electrons. The average molecular weight is 482 g/mol. The van der Waals surface area contributed by atoms with Gasteiger partial charge >= 0.3 is 0 Å². The minimum atomic E-state index is -0.408. The normalized spacial score (nSPS) is 17.1. The number of anilines is 3. The molecular weight excluding hydrogens is 450 g/mol. The highest BCUT2D eigenvalue weighted by Gasteiger charge is 2.27. The van der Waals surface area contributed by atoms with E-state index in [1.165, 1.54) is 5.69 Å². The lowest BCUT2D eigenvalue weighted by Crippen LogP contribution is -2.44. The number of hydrogen-bond donors (Lipinski definition) is 2. The van der Waals surface area contributed by atoms with Crippen LogP contribution in [0.1, 0.15) is 15.9 Å². The zero-order valence-electron chi connectivity index (χ0n) is 20.9. The quantitative estimate of drug-likeness (QED) is 0.426. The summed E-state index contributed by atoms with van der Waals surface area (Å²) in [6.07, 6.45) is 1.68. The van der Waals surface area contributed by atoms with Crippen LogP contribution in [0.3, 0.4) is 0 Å². The number of carbonyl (C=O) groups is 2. The Bertz CT molecular complexity index is 1300. The highest BCUT2D eigenvalue weighted by molar-refractivity contribution is 6.31. The van der Waals surface area contributed by atoms with Crippen LogP contribution in [-0.4, -0.2) is 64.0 Å². The molecule has 3 aromatic carbocycles. The highest BCUT2D eigenvalue weighted by Crippen LogP contribution is 2.31. The Balaban J connectivity index is 1.39. The SMILES string of the molecule is CN1CCN(c2ccc(N/C=C3\C(=O)NC(=O)c4ccc(-c5ccc(N(C)C)cc5)cc43)cc2)CC1.